The largest absolute Gasteiger partial charge is 0.394 e. The molecule has 0 aliphatic carbocycles. The van der Waals surface area contributed by atoms with Gasteiger partial charge in [-0.25, -0.2) is 13.6 Å². The van der Waals surface area contributed by atoms with E-state index < -0.39 is 10.0 Å². The van der Waals surface area contributed by atoms with E-state index in [9.17, 15) is 8.42 Å². The van der Waals surface area contributed by atoms with E-state index in [0.29, 0.717) is 5.69 Å². The number of nitrogens with two attached hydrogens (primary N) is 1. The summed E-state index contributed by atoms with van der Waals surface area (Å²) in [5.74, 6) is 0. The number of hydrogen-bond donors (Lipinski definition) is 3. The number of rotatable bonds is 4. The van der Waals surface area contributed by atoms with Crippen LogP contribution in [0.5, 0.6) is 0 Å². The molecule has 1 aromatic rings. The number of aliphatic hydroxyl groups excluding tert-OH is 1. The van der Waals surface area contributed by atoms with E-state index in [2.05, 4.69) is 5.32 Å². The van der Waals surface area contributed by atoms with Gasteiger partial charge < -0.3 is 10.4 Å². The molecule has 0 aliphatic heterocycles. The van der Waals surface area contributed by atoms with Gasteiger partial charge >= 0.3 is 0 Å². The molecule has 84 valence electrons. The van der Waals surface area contributed by atoms with Crippen LogP contribution in [0, 0.1) is 0 Å². The molecule has 1 unspecified atom stereocenters. The van der Waals surface area contributed by atoms with E-state index in [1.165, 1.54) is 6.07 Å². The second kappa shape index (κ2) is 4.61. The molecule has 0 amide bonds. The highest BCUT2D eigenvalue weighted by atomic mass is 32.2. The van der Waals surface area contributed by atoms with Gasteiger partial charge in [0.15, 0.2) is 0 Å². The summed E-state index contributed by atoms with van der Waals surface area (Å²) in [4.78, 5) is 0.0327. The Labute approximate surface area is 89.0 Å². The van der Waals surface area contributed by atoms with Crippen molar-refractivity contribution in [1.82, 2.24) is 0 Å². The number of nitrogens with one attached hydrogen (secondary N) is 1. The third-order valence-electron chi connectivity index (χ3n) is 1.87. The SMILES string of the molecule is CC(CO)Nc1ccccc1S(N)(=O)=O. The van der Waals surface area contributed by atoms with Crippen LogP contribution in [0.4, 0.5) is 5.69 Å². The number of sulfonamides is 1. The van der Waals surface area contributed by atoms with E-state index in [-0.39, 0.29) is 17.5 Å². The standard InChI is InChI=1S/C9H14N2O3S/c1-7(6-12)11-8-4-2-3-5-9(8)15(10,13)14/h2-5,7,11-12H,6H2,1H3,(H2,10,13,14). The highest BCUT2D eigenvalue weighted by Crippen LogP contribution is 2.19. The predicted molar refractivity (Wildman–Crippen MR) is 58.0 cm³/mol. The molecule has 4 N–H and O–H groups in total. The summed E-state index contributed by atoms with van der Waals surface area (Å²) in [5.41, 5.74) is 0.404. The van der Waals surface area contributed by atoms with Gasteiger partial charge in [0, 0.05) is 6.04 Å². The Morgan fingerprint density at radius 2 is 2.07 bits per heavy atom. The van der Waals surface area contributed by atoms with Gasteiger partial charge in [0.25, 0.3) is 0 Å². The van der Waals surface area contributed by atoms with Crippen molar-refractivity contribution in [2.24, 2.45) is 5.14 Å². The molecular weight excluding hydrogens is 216 g/mol. The number of anilines is 1. The molecule has 0 saturated heterocycles. The van der Waals surface area contributed by atoms with Crippen LogP contribution in [0.3, 0.4) is 0 Å². The third kappa shape index (κ3) is 3.19. The molecule has 0 aromatic heterocycles. The van der Waals surface area contributed by atoms with Crippen LogP contribution in [-0.4, -0.2) is 26.2 Å². The van der Waals surface area contributed by atoms with Crippen LogP contribution in [0.15, 0.2) is 29.2 Å². The average molecular weight is 230 g/mol. The quantitative estimate of drug-likeness (QED) is 0.685. The second-order valence-corrected chi connectivity index (χ2v) is 4.80. The smallest absolute Gasteiger partial charge is 0.240 e. The third-order valence-corrected chi connectivity index (χ3v) is 2.84. The zero-order chi connectivity index (χ0) is 11.5. The molecule has 0 aliphatic rings. The summed E-state index contributed by atoms with van der Waals surface area (Å²) in [5, 5.41) is 16.7. The first-order valence-corrected chi connectivity index (χ1v) is 5.99. The van der Waals surface area contributed by atoms with Gasteiger partial charge in [-0.2, -0.15) is 0 Å². The highest BCUT2D eigenvalue weighted by Gasteiger charge is 2.13. The van der Waals surface area contributed by atoms with Crippen molar-refractivity contribution in [1.29, 1.82) is 0 Å². The zero-order valence-corrected chi connectivity index (χ0v) is 9.16. The van der Waals surface area contributed by atoms with E-state index in [1.807, 2.05) is 0 Å². The van der Waals surface area contributed by atoms with Crippen molar-refractivity contribution in [2.45, 2.75) is 17.9 Å². The Kier molecular flexibility index (Phi) is 3.67. The number of benzene rings is 1. The fourth-order valence-electron chi connectivity index (χ4n) is 1.15. The molecule has 1 aromatic carbocycles. The molecule has 1 atom stereocenters. The summed E-state index contributed by atoms with van der Waals surface area (Å²) < 4.78 is 22.4. The van der Waals surface area contributed by atoms with E-state index >= 15 is 0 Å². The Bertz CT molecular complexity index is 431. The first-order chi connectivity index (χ1) is 6.95. The first-order valence-electron chi connectivity index (χ1n) is 4.44. The maximum absolute atomic E-state index is 11.2. The zero-order valence-electron chi connectivity index (χ0n) is 8.34. The summed E-state index contributed by atoms with van der Waals surface area (Å²) in [7, 11) is -3.73. The van der Waals surface area contributed by atoms with E-state index in [4.69, 9.17) is 10.2 Å². The molecule has 0 heterocycles. The van der Waals surface area contributed by atoms with Gasteiger partial charge in [-0.05, 0) is 19.1 Å². The van der Waals surface area contributed by atoms with Crippen molar-refractivity contribution in [3.63, 3.8) is 0 Å². The summed E-state index contributed by atoms with van der Waals surface area (Å²) >= 11 is 0. The minimum Gasteiger partial charge on any atom is -0.394 e. The second-order valence-electron chi connectivity index (χ2n) is 3.27. The minimum atomic E-state index is -3.73. The molecule has 0 spiro atoms. The summed E-state index contributed by atoms with van der Waals surface area (Å²) in [6.07, 6.45) is 0. The molecule has 0 radical (unpaired) electrons. The van der Waals surface area contributed by atoms with Gasteiger partial charge in [-0.3, -0.25) is 0 Å². The van der Waals surface area contributed by atoms with E-state index in [1.54, 1.807) is 25.1 Å². The molecule has 5 nitrogen and oxygen atoms in total. The van der Waals surface area contributed by atoms with Gasteiger partial charge in [0.05, 0.1) is 12.3 Å². The molecule has 0 bridgehead atoms. The van der Waals surface area contributed by atoms with Crippen molar-refractivity contribution >= 4 is 15.7 Å². The summed E-state index contributed by atoms with van der Waals surface area (Å²) in [6, 6.07) is 6.08. The van der Waals surface area contributed by atoms with Gasteiger partial charge in [0.2, 0.25) is 10.0 Å². The average Bonchev–Trinajstić information content (AvgIpc) is 2.17. The van der Waals surface area contributed by atoms with Gasteiger partial charge in [-0.1, -0.05) is 12.1 Å². The molecule has 1 rings (SSSR count). The van der Waals surface area contributed by atoms with E-state index in [0.717, 1.165) is 0 Å². The number of hydrogen-bond acceptors (Lipinski definition) is 4. The van der Waals surface area contributed by atoms with Crippen LogP contribution in [0.1, 0.15) is 6.92 Å². The Balaban J connectivity index is 3.08. The molecule has 0 fully saturated rings. The lowest BCUT2D eigenvalue weighted by Crippen LogP contribution is -2.22. The topological polar surface area (TPSA) is 92.4 Å². The maximum atomic E-state index is 11.2. The van der Waals surface area contributed by atoms with Crippen LogP contribution in [0.2, 0.25) is 0 Å². The Hall–Kier alpha value is -1.11. The normalized spacial score (nSPS) is 13.5. The number of para-hydroxylation sites is 1. The lowest BCUT2D eigenvalue weighted by Gasteiger charge is -2.14. The van der Waals surface area contributed by atoms with Crippen LogP contribution in [0.25, 0.3) is 0 Å². The number of aliphatic hydroxyl groups is 1. The molecule has 15 heavy (non-hydrogen) atoms. The fourth-order valence-corrected chi connectivity index (χ4v) is 1.85. The maximum Gasteiger partial charge on any atom is 0.240 e. The lowest BCUT2D eigenvalue weighted by molar-refractivity contribution is 0.281. The monoisotopic (exact) mass is 230 g/mol. The Morgan fingerprint density at radius 3 is 2.60 bits per heavy atom. The van der Waals surface area contributed by atoms with Gasteiger partial charge in [-0.15, -0.1) is 0 Å². The van der Waals surface area contributed by atoms with Crippen LogP contribution >= 0.6 is 0 Å². The predicted octanol–water partition coefficient (Wildman–Crippen LogP) is 0.127. The van der Waals surface area contributed by atoms with Crippen molar-refractivity contribution < 1.29 is 13.5 Å². The van der Waals surface area contributed by atoms with Crippen molar-refractivity contribution in [3.05, 3.63) is 24.3 Å². The van der Waals surface area contributed by atoms with Crippen LogP contribution in [-0.2, 0) is 10.0 Å². The molecular formula is C9H14N2O3S. The highest BCUT2D eigenvalue weighted by molar-refractivity contribution is 7.89. The number of primary sulfonamides is 1. The molecule has 6 heteroatoms. The van der Waals surface area contributed by atoms with Crippen LogP contribution < -0.4 is 10.5 Å². The van der Waals surface area contributed by atoms with Crippen molar-refractivity contribution in [2.75, 3.05) is 11.9 Å². The summed E-state index contributed by atoms with van der Waals surface area (Å²) in [6.45, 7) is 1.65. The van der Waals surface area contributed by atoms with Gasteiger partial charge in [0.1, 0.15) is 4.90 Å². The van der Waals surface area contributed by atoms with Crippen molar-refractivity contribution in [3.8, 4) is 0 Å². The molecule has 0 saturated carbocycles. The fraction of sp³-hybridized carbons (Fsp3) is 0.333. The minimum absolute atomic E-state index is 0.0327. The first kappa shape index (κ1) is 12.0. The Morgan fingerprint density at radius 1 is 1.47 bits per heavy atom. The lowest BCUT2D eigenvalue weighted by atomic mass is 10.3.